The largest absolute Gasteiger partial charge is 0.469 e. The van der Waals surface area contributed by atoms with Gasteiger partial charge in [0.2, 0.25) is 0 Å². The fraction of sp³-hybridized carbons (Fsp3) is 0.353. The zero-order valence-electron chi connectivity index (χ0n) is 13.5. The fourth-order valence-electron chi connectivity index (χ4n) is 2.11. The SMILES string of the molecule is CCNC(=NCCc1ccco1)NCCc1ccc(F)cc1Cl.I. The Balaban J connectivity index is 0.00000288. The molecule has 2 N–H and O–H groups in total. The van der Waals surface area contributed by atoms with E-state index in [0.29, 0.717) is 24.5 Å². The molecule has 0 aliphatic heterocycles. The van der Waals surface area contributed by atoms with Crippen LogP contribution in [0.3, 0.4) is 0 Å². The monoisotopic (exact) mass is 465 g/mol. The van der Waals surface area contributed by atoms with Crippen molar-refractivity contribution < 1.29 is 8.81 Å². The Morgan fingerprint density at radius 3 is 2.75 bits per heavy atom. The molecular weight excluding hydrogens is 444 g/mol. The lowest BCUT2D eigenvalue weighted by Crippen LogP contribution is -2.38. The van der Waals surface area contributed by atoms with E-state index in [1.165, 1.54) is 12.1 Å². The topological polar surface area (TPSA) is 49.6 Å². The van der Waals surface area contributed by atoms with Crippen molar-refractivity contribution >= 4 is 41.5 Å². The third kappa shape index (κ3) is 7.09. The van der Waals surface area contributed by atoms with Crippen molar-refractivity contribution in [2.24, 2.45) is 4.99 Å². The van der Waals surface area contributed by atoms with Gasteiger partial charge < -0.3 is 15.1 Å². The van der Waals surface area contributed by atoms with Crippen molar-refractivity contribution in [2.75, 3.05) is 19.6 Å². The molecule has 0 bridgehead atoms. The van der Waals surface area contributed by atoms with Gasteiger partial charge in [-0.25, -0.2) is 4.39 Å². The molecule has 0 saturated heterocycles. The first-order chi connectivity index (χ1) is 11.2. The molecule has 24 heavy (non-hydrogen) atoms. The van der Waals surface area contributed by atoms with E-state index in [2.05, 4.69) is 15.6 Å². The molecule has 0 fully saturated rings. The number of rotatable bonds is 7. The normalized spacial score (nSPS) is 11.0. The standard InChI is InChI=1S/C17H21ClFN3O.HI/c1-2-20-17(22-10-8-15-4-3-11-23-15)21-9-7-13-5-6-14(19)12-16(13)18;/h3-6,11-12H,2,7-10H2,1H3,(H2,20,21,22);1H. The molecule has 1 heterocycles. The van der Waals surface area contributed by atoms with Gasteiger partial charge in [-0.1, -0.05) is 17.7 Å². The van der Waals surface area contributed by atoms with E-state index in [0.717, 1.165) is 30.2 Å². The van der Waals surface area contributed by atoms with Gasteiger partial charge in [-0.05, 0) is 43.2 Å². The average molecular weight is 466 g/mol. The highest BCUT2D eigenvalue weighted by atomic mass is 127. The molecule has 2 aromatic rings. The number of hydrogen-bond acceptors (Lipinski definition) is 2. The zero-order valence-corrected chi connectivity index (χ0v) is 16.6. The highest BCUT2D eigenvalue weighted by Crippen LogP contribution is 2.17. The van der Waals surface area contributed by atoms with Crippen LogP contribution in [0.25, 0.3) is 0 Å². The molecule has 2 rings (SSSR count). The summed E-state index contributed by atoms with van der Waals surface area (Å²) in [6, 6.07) is 8.27. The molecule has 4 nitrogen and oxygen atoms in total. The Hall–Kier alpha value is -1.28. The number of hydrogen-bond donors (Lipinski definition) is 2. The first kappa shape index (κ1) is 20.8. The maximum absolute atomic E-state index is 13.0. The molecule has 7 heteroatoms. The summed E-state index contributed by atoms with van der Waals surface area (Å²) in [6.07, 6.45) is 3.12. The van der Waals surface area contributed by atoms with Gasteiger partial charge >= 0.3 is 0 Å². The molecule has 0 unspecified atom stereocenters. The van der Waals surface area contributed by atoms with Crippen LogP contribution < -0.4 is 10.6 Å². The Kier molecular flexibility index (Phi) is 9.78. The molecule has 0 aliphatic rings. The molecule has 0 saturated carbocycles. The second kappa shape index (κ2) is 11.3. The number of aliphatic imine (C=N–C) groups is 1. The minimum Gasteiger partial charge on any atom is -0.469 e. The smallest absolute Gasteiger partial charge is 0.191 e. The molecule has 0 amide bonds. The summed E-state index contributed by atoms with van der Waals surface area (Å²) in [7, 11) is 0. The van der Waals surface area contributed by atoms with Crippen molar-refractivity contribution in [2.45, 2.75) is 19.8 Å². The number of furan rings is 1. The number of benzene rings is 1. The van der Waals surface area contributed by atoms with Crippen LogP contribution in [0.15, 0.2) is 46.0 Å². The summed E-state index contributed by atoms with van der Waals surface area (Å²) < 4.78 is 18.3. The molecule has 132 valence electrons. The summed E-state index contributed by atoms with van der Waals surface area (Å²) in [5.74, 6) is 1.35. The van der Waals surface area contributed by atoms with Gasteiger partial charge in [-0.15, -0.1) is 24.0 Å². The first-order valence-corrected chi connectivity index (χ1v) is 8.05. The van der Waals surface area contributed by atoms with Crippen LogP contribution in [-0.4, -0.2) is 25.6 Å². The minimum absolute atomic E-state index is 0. The Labute approximate surface area is 163 Å². The van der Waals surface area contributed by atoms with E-state index in [4.69, 9.17) is 16.0 Å². The van der Waals surface area contributed by atoms with Gasteiger partial charge in [0.15, 0.2) is 5.96 Å². The maximum atomic E-state index is 13.0. The van der Waals surface area contributed by atoms with Crippen LogP contribution in [0, 0.1) is 5.82 Å². The lowest BCUT2D eigenvalue weighted by Gasteiger charge is -2.11. The molecule has 0 aliphatic carbocycles. The number of guanidine groups is 1. The summed E-state index contributed by atoms with van der Waals surface area (Å²) >= 11 is 6.02. The number of nitrogens with one attached hydrogen (secondary N) is 2. The third-order valence-electron chi connectivity index (χ3n) is 3.25. The number of halogens is 3. The van der Waals surface area contributed by atoms with Crippen LogP contribution in [-0.2, 0) is 12.8 Å². The average Bonchev–Trinajstić information content (AvgIpc) is 3.03. The third-order valence-corrected chi connectivity index (χ3v) is 3.61. The van der Waals surface area contributed by atoms with Crippen LogP contribution in [0.5, 0.6) is 0 Å². The van der Waals surface area contributed by atoms with Crippen molar-refractivity contribution in [1.82, 2.24) is 10.6 Å². The quantitative estimate of drug-likeness (QED) is 0.369. The molecule has 0 spiro atoms. The van der Waals surface area contributed by atoms with Gasteiger partial charge in [0.1, 0.15) is 11.6 Å². The van der Waals surface area contributed by atoms with Crippen molar-refractivity contribution in [1.29, 1.82) is 0 Å². The second-order valence-corrected chi connectivity index (χ2v) is 5.41. The Bertz CT molecular complexity index is 635. The predicted molar refractivity (Wildman–Crippen MR) is 107 cm³/mol. The molecule has 0 atom stereocenters. The highest BCUT2D eigenvalue weighted by Gasteiger charge is 2.03. The van der Waals surface area contributed by atoms with Gasteiger partial charge in [-0.3, -0.25) is 4.99 Å². The minimum atomic E-state index is -0.320. The van der Waals surface area contributed by atoms with Gasteiger partial charge in [0, 0.05) is 31.1 Å². The zero-order chi connectivity index (χ0) is 16.5. The summed E-state index contributed by atoms with van der Waals surface area (Å²) in [5.41, 5.74) is 0.909. The summed E-state index contributed by atoms with van der Waals surface area (Å²) in [6.45, 7) is 4.10. The van der Waals surface area contributed by atoms with E-state index in [1.54, 1.807) is 12.3 Å². The van der Waals surface area contributed by atoms with Crippen LogP contribution in [0.1, 0.15) is 18.2 Å². The molecule has 1 aromatic carbocycles. The van der Waals surface area contributed by atoms with E-state index >= 15 is 0 Å². The van der Waals surface area contributed by atoms with Gasteiger partial charge in [-0.2, -0.15) is 0 Å². The molecule has 1 aromatic heterocycles. The fourth-order valence-corrected chi connectivity index (χ4v) is 2.38. The molecule has 0 radical (unpaired) electrons. The molecular formula is C17H22ClFIN3O. The second-order valence-electron chi connectivity index (χ2n) is 5.00. The number of nitrogens with zero attached hydrogens (tertiary/aromatic N) is 1. The Morgan fingerprint density at radius 1 is 1.25 bits per heavy atom. The lowest BCUT2D eigenvalue weighted by atomic mass is 10.1. The van der Waals surface area contributed by atoms with E-state index in [-0.39, 0.29) is 29.8 Å². The van der Waals surface area contributed by atoms with Crippen molar-refractivity contribution in [3.63, 3.8) is 0 Å². The van der Waals surface area contributed by atoms with Crippen LogP contribution >= 0.6 is 35.6 Å². The van der Waals surface area contributed by atoms with Crippen molar-refractivity contribution in [3.8, 4) is 0 Å². The highest BCUT2D eigenvalue weighted by molar-refractivity contribution is 14.0. The predicted octanol–water partition coefficient (Wildman–Crippen LogP) is 4.03. The van der Waals surface area contributed by atoms with Crippen LogP contribution in [0.2, 0.25) is 5.02 Å². The Morgan fingerprint density at radius 2 is 2.08 bits per heavy atom. The van der Waals surface area contributed by atoms with Crippen molar-refractivity contribution in [3.05, 3.63) is 58.8 Å². The van der Waals surface area contributed by atoms with E-state index in [9.17, 15) is 4.39 Å². The first-order valence-electron chi connectivity index (χ1n) is 7.67. The van der Waals surface area contributed by atoms with E-state index in [1.807, 2.05) is 19.1 Å². The van der Waals surface area contributed by atoms with Gasteiger partial charge in [0.05, 0.1) is 6.26 Å². The van der Waals surface area contributed by atoms with Gasteiger partial charge in [0.25, 0.3) is 0 Å². The summed E-state index contributed by atoms with van der Waals surface area (Å²) in [4.78, 5) is 4.50. The van der Waals surface area contributed by atoms with E-state index < -0.39 is 0 Å². The van der Waals surface area contributed by atoms with Crippen LogP contribution in [0.4, 0.5) is 4.39 Å². The maximum Gasteiger partial charge on any atom is 0.191 e. The lowest BCUT2D eigenvalue weighted by molar-refractivity contribution is 0.510. The summed E-state index contributed by atoms with van der Waals surface area (Å²) in [5, 5.41) is 6.89.